The molecule has 0 aliphatic heterocycles. The Labute approximate surface area is 90.1 Å². The topological polar surface area (TPSA) is 101 Å². The summed E-state index contributed by atoms with van der Waals surface area (Å²) in [5.74, 6) is -0.399. The first-order chi connectivity index (χ1) is 7.77. The maximum Gasteiger partial charge on any atom is 0.339 e. The van der Waals surface area contributed by atoms with E-state index in [1.165, 1.54) is 6.07 Å². The van der Waals surface area contributed by atoms with Crippen LogP contribution in [0.4, 0.5) is 0 Å². The van der Waals surface area contributed by atoms with Crippen molar-refractivity contribution in [3.05, 3.63) is 35.7 Å². The first kappa shape index (κ1) is 10.1. The highest BCUT2D eigenvalue weighted by Crippen LogP contribution is 2.18. The molecule has 0 fully saturated rings. The van der Waals surface area contributed by atoms with E-state index in [-0.39, 0.29) is 17.9 Å². The van der Waals surface area contributed by atoms with Gasteiger partial charge >= 0.3 is 5.97 Å². The molecule has 0 atom stereocenters. The second-order valence-corrected chi connectivity index (χ2v) is 2.92. The standard InChI is InChI=1S/C9H8N4O3/c14-9(15)6-3-1-2-4-7(6)16-5-8-10-12-13-11-8/h1-4H,5H2,(H,14,15)(H,10,11,12,13). The molecule has 16 heavy (non-hydrogen) atoms. The van der Waals surface area contributed by atoms with E-state index in [1.807, 2.05) is 0 Å². The van der Waals surface area contributed by atoms with Crippen molar-refractivity contribution >= 4 is 5.97 Å². The fourth-order valence-electron chi connectivity index (χ4n) is 1.16. The Kier molecular flexibility index (Phi) is 2.77. The van der Waals surface area contributed by atoms with E-state index in [2.05, 4.69) is 20.6 Å². The predicted molar refractivity (Wildman–Crippen MR) is 51.9 cm³/mol. The van der Waals surface area contributed by atoms with Crippen LogP contribution >= 0.6 is 0 Å². The SMILES string of the molecule is O=C(O)c1ccccc1OCc1nn[nH]n1. The largest absolute Gasteiger partial charge is 0.485 e. The number of nitrogens with zero attached hydrogens (tertiary/aromatic N) is 3. The number of hydrogen-bond acceptors (Lipinski definition) is 5. The number of para-hydroxylation sites is 1. The molecule has 82 valence electrons. The van der Waals surface area contributed by atoms with Crippen molar-refractivity contribution in [1.82, 2.24) is 20.6 Å². The minimum absolute atomic E-state index is 0.0702. The van der Waals surface area contributed by atoms with Crippen LogP contribution in [0.25, 0.3) is 0 Å². The lowest BCUT2D eigenvalue weighted by atomic mass is 10.2. The molecule has 2 N–H and O–H groups in total. The number of carboxylic acid groups (broad SMARTS) is 1. The van der Waals surface area contributed by atoms with Gasteiger partial charge in [0, 0.05) is 0 Å². The smallest absolute Gasteiger partial charge is 0.339 e. The van der Waals surface area contributed by atoms with Gasteiger partial charge in [-0.15, -0.1) is 10.2 Å². The third-order valence-electron chi connectivity index (χ3n) is 1.86. The molecule has 0 aliphatic rings. The van der Waals surface area contributed by atoms with Crippen molar-refractivity contribution in [3.63, 3.8) is 0 Å². The van der Waals surface area contributed by atoms with Crippen LogP contribution < -0.4 is 4.74 Å². The molecule has 7 heteroatoms. The first-order valence-electron chi connectivity index (χ1n) is 4.45. The van der Waals surface area contributed by atoms with Crippen molar-refractivity contribution in [1.29, 1.82) is 0 Å². The summed E-state index contributed by atoms with van der Waals surface area (Å²) in [4.78, 5) is 10.9. The Morgan fingerprint density at radius 2 is 2.25 bits per heavy atom. The van der Waals surface area contributed by atoms with Gasteiger partial charge in [-0.3, -0.25) is 0 Å². The van der Waals surface area contributed by atoms with Crippen LogP contribution in [0.15, 0.2) is 24.3 Å². The second kappa shape index (κ2) is 4.39. The van der Waals surface area contributed by atoms with Crippen LogP contribution in [0.3, 0.4) is 0 Å². The van der Waals surface area contributed by atoms with E-state index >= 15 is 0 Å². The summed E-state index contributed by atoms with van der Waals surface area (Å²) in [7, 11) is 0. The highest BCUT2D eigenvalue weighted by molar-refractivity contribution is 5.90. The molecule has 2 aromatic rings. The van der Waals surface area contributed by atoms with Gasteiger partial charge in [-0.05, 0) is 12.1 Å². The summed E-state index contributed by atoms with van der Waals surface area (Å²) in [5, 5.41) is 21.9. The van der Waals surface area contributed by atoms with Crippen LogP contribution in [0.5, 0.6) is 5.75 Å². The van der Waals surface area contributed by atoms with Gasteiger partial charge in [-0.2, -0.15) is 5.21 Å². The van der Waals surface area contributed by atoms with Gasteiger partial charge < -0.3 is 9.84 Å². The minimum atomic E-state index is -1.04. The van der Waals surface area contributed by atoms with Crippen molar-refractivity contribution < 1.29 is 14.6 Å². The van der Waals surface area contributed by atoms with Crippen molar-refractivity contribution in [2.45, 2.75) is 6.61 Å². The zero-order chi connectivity index (χ0) is 11.4. The van der Waals surface area contributed by atoms with Crippen LogP contribution in [0, 0.1) is 0 Å². The predicted octanol–water partition coefficient (Wildman–Crippen LogP) is 0.477. The number of rotatable bonds is 4. The van der Waals surface area contributed by atoms with E-state index in [4.69, 9.17) is 9.84 Å². The molecule has 1 aromatic heterocycles. The lowest BCUT2D eigenvalue weighted by Crippen LogP contribution is -2.04. The molecule has 0 unspecified atom stereocenters. The molecule has 2 rings (SSSR count). The van der Waals surface area contributed by atoms with Gasteiger partial charge in [0.05, 0.1) is 0 Å². The molecule has 1 aromatic carbocycles. The van der Waals surface area contributed by atoms with Gasteiger partial charge in [0.1, 0.15) is 11.3 Å². The maximum atomic E-state index is 10.9. The molecule has 0 aliphatic carbocycles. The minimum Gasteiger partial charge on any atom is -0.485 e. The van der Waals surface area contributed by atoms with E-state index in [0.717, 1.165) is 0 Å². The van der Waals surface area contributed by atoms with E-state index in [9.17, 15) is 4.79 Å². The number of carboxylic acids is 1. The van der Waals surface area contributed by atoms with Crippen molar-refractivity contribution in [2.24, 2.45) is 0 Å². The lowest BCUT2D eigenvalue weighted by Gasteiger charge is -2.06. The van der Waals surface area contributed by atoms with Crippen LogP contribution in [-0.4, -0.2) is 31.7 Å². The van der Waals surface area contributed by atoms with Gasteiger partial charge in [0.15, 0.2) is 6.61 Å². The zero-order valence-corrected chi connectivity index (χ0v) is 8.12. The summed E-state index contributed by atoms with van der Waals surface area (Å²) in [6, 6.07) is 6.36. The van der Waals surface area contributed by atoms with Crippen LogP contribution in [0.1, 0.15) is 16.2 Å². The Morgan fingerprint density at radius 1 is 1.44 bits per heavy atom. The Morgan fingerprint density at radius 3 is 2.94 bits per heavy atom. The summed E-state index contributed by atoms with van der Waals surface area (Å²) >= 11 is 0. The molecule has 0 spiro atoms. The van der Waals surface area contributed by atoms with Crippen molar-refractivity contribution in [2.75, 3.05) is 0 Å². The Balaban J connectivity index is 2.12. The summed E-state index contributed by atoms with van der Waals surface area (Å²) in [6.45, 7) is 0.0702. The molecular weight excluding hydrogens is 212 g/mol. The molecule has 0 saturated carbocycles. The average Bonchev–Trinajstić information content (AvgIpc) is 2.79. The van der Waals surface area contributed by atoms with E-state index in [1.54, 1.807) is 18.2 Å². The van der Waals surface area contributed by atoms with Gasteiger partial charge in [0.25, 0.3) is 0 Å². The Bertz CT molecular complexity index is 483. The molecule has 0 radical (unpaired) electrons. The van der Waals surface area contributed by atoms with E-state index in [0.29, 0.717) is 5.82 Å². The molecule has 7 nitrogen and oxygen atoms in total. The third kappa shape index (κ3) is 2.14. The number of carbonyl (C=O) groups is 1. The molecule has 0 amide bonds. The summed E-state index contributed by atoms with van der Waals surface area (Å²) in [5.41, 5.74) is 0.103. The molecule has 0 bridgehead atoms. The van der Waals surface area contributed by atoms with Gasteiger partial charge in [-0.25, -0.2) is 4.79 Å². The number of H-pyrrole nitrogens is 1. The second-order valence-electron chi connectivity index (χ2n) is 2.92. The normalized spacial score (nSPS) is 10.0. The average molecular weight is 220 g/mol. The molecule has 0 saturated heterocycles. The summed E-state index contributed by atoms with van der Waals surface area (Å²) < 4.78 is 5.28. The number of aromatic carboxylic acids is 1. The fraction of sp³-hybridized carbons (Fsp3) is 0.111. The fourth-order valence-corrected chi connectivity index (χ4v) is 1.16. The van der Waals surface area contributed by atoms with Gasteiger partial charge in [-0.1, -0.05) is 17.3 Å². The number of ether oxygens (including phenoxy) is 1. The maximum absolute atomic E-state index is 10.9. The molecule has 1 heterocycles. The van der Waals surface area contributed by atoms with Crippen LogP contribution in [0.2, 0.25) is 0 Å². The quantitative estimate of drug-likeness (QED) is 0.776. The number of tetrazole rings is 1. The Hall–Kier alpha value is -2.44. The van der Waals surface area contributed by atoms with Crippen molar-refractivity contribution in [3.8, 4) is 5.75 Å². The summed E-state index contributed by atoms with van der Waals surface area (Å²) in [6.07, 6.45) is 0. The number of nitrogens with one attached hydrogen (secondary N) is 1. The van der Waals surface area contributed by atoms with E-state index < -0.39 is 5.97 Å². The monoisotopic (exact) mass is 220 g/mol. The lowest BCUT2D eigenvalue weighted by molar-refractivity contribution is 0.0691. The van der Waals surface area contributed by atoms with Gasteiger partial charge in [0.2, 0.25) is 5.82 Å². The highest BCUT2D eigenvalue weighted by atomic mass is 16.5. The number of benzene rings is 1. The van der Waals surface area contributed by atoms with Crippen LogP contribution in [-0.2, 0) is 6.61 Å². The molecular formula is C9H8N4O3. The number of aromatic nitrogens is 4. The zero-order valence-electron chi connectivity index (χ0n) is 8.12. The first-order valence-corrected chi connectivity index (χ1v) is 4.45. The number of aromatic amines is 1. The third-order valence-corrected chi connectivity index (χ3v) is 1.86. The highest BCUT2D eigenvalue weighted by Gasteiger charge is 2.10. The number of hydrogen-bond donors (Lipinski definition) is 2.